The van der Waals surface area contributed by atoms with Gasteiger partial charge in [-0.1, -0.05) is 6.92 Å². The van der Waals surface area contributed by atoms with Gasteiger partial charge in [-0.25, -0.2) is 0 Å². The first-order valence-corrected chi connectivity index (χ1v) is 9.54. The van der Waals surface area contributed by atoms with E-state index in [1.54, 1.807) is 11.3 Å². The summed E-state index contributed by atoms with van der Waals surface area (Å²) in [6.07, 6.45) is 1.89. The van der Waals surface area contributed by atoms with Gasteiger partial charge in [-0.2, -0.15) is 0 Å². The number of rotatable bonds is 3. The van der Waals surface area contributed by atoms with Crippen LogP contribution < -0.4 is 0 Å². The number of thiophene rings is 1. The van der Waals surface area contributed by atoms with E-state index in [1.165, 1.54) is 10.4 Å². The molecule has 0 unspecified atom stereocenters. The first-order chi connectivity index (χ1) is 11.7. The Morgan fingerprint density at radius 2 is 2.17 bits per heavy atom. The van der Waals surface area contributed by atoms with E-state index in [1.807, 2.05) is 11.8 Å². The van der Waals surface area contributed by atoms with Crippen molar-refractivity contribution in [2.45, 2.75) is 52.4 Å². The van der Waals surface area contributed by atoms with Gasteiger partial charge in [0.05, 0.1) is 12.6 Å². The zero-order valence-corrected chi connectivity index (χ0v) is 15.1. The topological polar surface area (TPSA) is 54.3 Å². The van der Waals surface area contributed by atoms with E-state index < -0.39 is 0 Å². The van der Waals surface area contributed by atoms with E-state index in [-0.39, 0.29) is 11.9 Å². The van der Waals surface area contributed by atoms with Crippen molar-refractivity contribution < 1.29 is 4.79 Å². The van der Waals surface area contributed by atoms with Gasteiger partial charge in [0, 0.05) is 37.5 Å². The number of carbonyl (C=O) groups is 1. The Morgan fingerprint density at radius 3 is 3.00 bits per heavy atom. The van der Waals surface area contributed by atoms with E-state index in [0.717, 1.165) is 50.7 Å². The molecule has 0 spiro atoms. The lowest BCUT2D eigenvalue weighted by molar-refractivity contribution is -0.138. The highest BCUT2D eigenvalue weighted by molar-refractivity contribution is 7.10. The predicted octanol–water partition coefficient (Wildman–Crippen LogP) is 1.69. The van der Waals surface area contributed by atoms with Crippen molar-refractivity contribution in [1.82, 2.24) is 24.6 Å². The van der Waals surface area contributed by atoms with Crippen LogP contribution in [0.4, 0.5) is 0 Å². The molecule has 0 fully saturated rings. The van der Waals surface area contributed by atoms with E-state index in [2.05, 4.69) is 38.0 Å². The first kappa shape index (κ1) is 15.8. The maximum Gasteiger partial charge on any atom is 0.239 e. The summed E-state index contributed by atoms with van der Waals surface area (Å²) in [5.41, 5.74) is 1.32. The molecule has 0 N–H and O–H groups in total. The van der Waals surface area contributed by atoms with Crippen LogP contribution in [0.2, 0.25) is 0 Å². The van der Waals surface area contributed by atoms with Gasteiger partial charge >= 0.3 is 0 Å². The van der Waals surface area contributed by atoms with E-state index >= 15 is 0 Å². The Bertz CT molecular complexity index is 752. The molecule has 0 saturated carbocycles. The lowest BCUT2D eigenvalue weighted by Gasteiger charge is -2.36. The lowest BCUT2D eigenvalue weighted by atomic mass is 10.1. The second kappa shape index (κ2) is 6.29. The van der Waals surface area contributed by atoms with Crippen molar-refractivity contribution in [2.24, 2.45) is 0 Å². The quantitative estimate of drug-likeness (QED) is 0.849. The summed E-state index contributed by atoms with van der Waals surface area (Å²) in [5, 5.41) is 10.7. The summed E-state index contributed by atoms with van der Waals surface area (Å²) in [6.45, 7) is 8.17. The van der Waals surface area contributed by atoms with Gasteiger partial charge in [0.15, 0.2) is 0 Å². The van der Waals surface area contributed by atoms with Crippen LogP contribution in [0.15, 0.2) is 11.4 Å². The van der Waals surface area contributed by atoms with Gasteiger partial charge < -0.3 is 9.47 Å². The Hall–Kier alpha value is -1.73. The average Bonchev–Trinajstić information content (AvgIpc) is 3.25. The van der Waals surface area contributed by atoms with Crippen LogP contribution in [-0.4, -0.2) is 49.6 Å². The minimum absolute atomic E-state index is 0.110. The Kier molecular flexibility index (Phi) is 4.14. The fourth-order valence-corrected chi connectivity index (χ4v) is 4.58. The maximum absolute atomic E-state index is 12.9. The highest BCUT2D eigenvalue weighted by Crippen LogP contribution is 2.25. The summed E-state index contributed by atoms with van der Waals surface area (Å²) in [7, 11) is 0. The SMILES string of the molecule is CCc1nnc2n1CCN([C@H](C)C(=O)N1CCc3sccc3C1)C2. The number of fused-ring (bicyclic) bond motifs is 2. The monoisotopic (exact) mass is 345 g/mol. The largest absolute Gasteiger partial charge is 0.337 e. The molecule has 0 bridgehead atoms. The molecule has 2 aromatic heterocycles. The molecule has 6 nitrogen and oxygen atoms in total. The highest BCUT2D eigenvalue weighted by Gasteiger charge is 2.31. The molecule has 24 heavy (non-hydrogen) atoms. The summed E-state index contributed by atoms with van der Waals surface area (Å²) in [5.74, 6) is 2.26. The molecule has 4 rings (SSSR count). The predicted molar refractivity (Wildman–Crippen MR) is 92.7 cm³/mol. The average molecular weight is 345 g/mol. The van der Waals surface area contributed by atoms with Gasteiger partial charge in [0.2, 0.25) is 5.91 Å². The van der Waals surface area contributed by atoms with Crippen molar-refractivity contribution in [1.29, 1.82) is 0 Å². The van der Waals surface area contributed by atoms with E-state index in [0.29, 0.717) is 6.54 Å². The van der Waals surface area contributed by atoms with Crippen molar-refractivity contribution in [3.05, 3.63) is 33.5 Å². The third kappa shape index (κ3) is 2.65. The fraction of sp³-hybridized carbons (Fsp3) is 0.588. The molecule has 0 aromatic carbocycles. The summed E-state index contributed by atoms with van der Waals surface area (Å²) in [6, 6.07) is 2.04. The first-order valence-electron chi connectivity index (χ1n) is 8.66. The van der Waals surface area contributed by atoms with Crippen molar-refractivity contribution in [2.75, 3.05) is 13.1 Å². The van der Waals surface area contributed by atoms with Crippen molar-refractivity contribution in [3.63, 3.8) is 0 Å². The molecular weight excluding hydrogens is 322 g/mol. The van der Waals surface area contributed by atoms with Crippen LogP contribution in [0, 0.1) is 0 Å². The van der Waals surface area contributed by atoms with Crippen LogP contribution in [0.1, 0.15) is 35.9 Å². The minimum atomic E-state index is -0.110. The number of aryl methyl sites for hydroxylation is 1. The zero-order chi connectivity index (χ0) is 16.7. The summed E-state index contributed by atoms with van der Waals surface area (Å²) < 4.78 is 2.20. The molecule has 0 aliphatic carbocycles. The van der Waals surface area contributed by atoms with Gasteiger partial charge in [-0.3, -0.25) is 9.69 Å². The second-order valence-electron chi connectivity index (χ2n) is 6.56. The molecule has 0 radical (unpaired) electrons. The number of hydrogen-bond donors (Lipinski definition) is 0. The Morgan fingerprint density at radius 1 is 1.29 bits per heavy atom. The molecule has 1 atom stereocenters. The molecule has 128 valence electrons. The number of amides is 1. The van der Waals surface area contributed by atoms with E-state index in [9.17, 15) is 4.79 Å². The second-order valence-corrected chi connectivity index (χ2v) is 7.56. The molecule has 4 heterocycles. The third-order valence-corrected chi connectivity index (χ3v) is 6.22. The third-order valence-electron chi connectivity index (χ3n) is 5.20. The normalized spacial score (nSPS) is 19.0. The number of hydrogen-bond acceptors (Lipinski definition) is 5. The van der Waals surface area contributed by atoms with E-state index in [4.69, 9.17) is 0 Å². The molecule has 0 saturated heterocycles. The van der Waals surface area contributed by atoms with Gasteiger partial charge in [0.1, 0.15) is 11.6 Å². The number of carbonyl (C=O) groups excluding carboxylic acids is 1. The van der Waals surface area contributed by atoms with Crippen LogP contribution >= 0.6 is 11.3 Å². The number of aromatic nitrogens is 3. The van der Waals surface area contributed by atoms with Gasteiger partial charge in [0.25, 0.3) is 0 Å². The molecular formula is C17H23N5OS. The van der Waals surface area contributed by atoms with Crippen LogP contribution in [0.25, 0.3) is 0 Å². The van der Waals surface area contributed by atoms with Crippen molar-refractivity contribution >= 4 is 17.2 Å². The fourth-order valence-electron chi connectivity index (χ4n) is 3.69. The molecule has 2 aromatic rings. The molecule has 7 heteroatoms. The zero-order valence-electron chi connectivity index (χ0n) is 14.2. The van der Waals surface area contributed by atoms with Gasteiger partial charge in [-0.15, -0.1) is 21.5 Å². The number of nitrogens with zero attached hydrogens (tertiary/aromatic N) is 5. The highest BCUT2D eigenvalue weighted by atomic mass is 32.1. The maximum atomic E-state index is 12.9. The molecule has 1 amide bonds. The van der Waals surface area contributed by atoms with Crippen molar-refractivity contribution in [3.8, 4) is 0 Å². The van der Waals surface area contributed by atoms with Crippen LogP contribution in [0.3, 0.4) is 0 Å². The standard InChI is InChI=1S/C17H23N5OS/c1-3-15-18-19-16-11-20(7-8-22(15)16)12(2)17(23)21-6-4-14-13(10-21)5-9-24-14/h5,9,12H,3-4,6-8,10-11H2,1-2H3/t12-/m1/s1. The lowest BCUT2D eigenvalue weighted by Crippen LogP contribution is -2.50. The van der Waals surface area contributed by atoms with Crippen LogP contribution in [0.5, 0.6) is 0 Å². The van der Waals surface area contributed by atoms with Crippen LogP contribution in [-0.2, 0) is 37.3 Å². The Labute approximate surface area is 146 Å². The molecule has 2 aliphatic rings. The molecule has 2 aliphatic heterocycles. The smallest absolute Gasteiger partial charge is 0.239 e. The summed E-state index contributed by atoms with van der Waals surface area (Å²) >= 11 is 1.81. The summed E-state index contributed by atoms with van der Waals surface area (Å²) in [4.78, 5) is 18.6. The Balaban J connectivity index is 1.44. The van der Waals surface area contributed by atoms with Gasteiger partial charge in [-0.05, 0) is 30.4 Å². The minimum Gasteiger partial charge on any atom is -0.337 e.